The van der Waals surface area contributed by atoms with Crippen molar-refractivity contribution in [1.82, 2.24) is 10.3 Å². The van der Waals surface area contributed by atoms with E-state index in [4.69, 9.17) is 10.5 Å². The maximum atomic E-state index is 13.5. The number of amides is 1. The van der Waals surface area contributed by atoms with E-state index in [1.165, 1.54) is 24.3 Å². The molecule has 204 valence electrons. The predicted octanol–water partition coefficient (Wildman–Crippen LogP) is 4.67. The van der Waals surface area contributed by atoms with Crippen molar-refractivity contribution in [3.05, 3.63) is 70.0 Å². The molecule has 38 heavy (non-hydrogen) atoms. The minimum atomic E-state index is -4.58. The normalized spacial score (nSPS) is 17.7. The molecule has 2 atom stereocenters. The van der Waals surface area contributed by atoms with E-state index in [0.717, 1.165) is 6.07 Å². The van der Waals surface area contributed by atoms with Crippen LogP contribution in [0.5, 0.6) is 0 Å². The molecule has 1 amide bonds. The molecule has 0 radical (unpaired) electrons. The minimum Gasteiger partial charge on any atom is -0.457 e. The van der Waals surface area contributed by atoms with Crippen molar-refractivity contribution in [2.75, 3.05) is 6.54 Å². The van der Waals surface area contributed by atoms with Crippen LogP contribution in [-0.2, 0) is 20.5 Å². The number of rotatable bonds is 7. The van der Waals surface area contributed by atoms with E-state index in [1.807, 2.05) is 0 Å². The fourth-order valence-corrected chi connectivity index (χ4v) is 4.69. The van der Waals surface area contributed by atoms with Crippen LogP contribution in [0.1, 0.15) is 50.2 Å². The highest BCUT2D eigenvalue weighted by Crippen LogP contribution is 2.37. The van der Waals surface area contributed by atoms with Gasteiger partial charge in [-0.3, -0.25) is 14.4 Å². The van der Waals surface area contributed by atoms with Crippen molar-refractivity contribution in [1.29, 1.82) is 0 Å². The van der Waals surface area contributed by atoms with Crippen LogP contribution in [0, 0.1) is 0 Å². The highest BCUT2D eigenvalue weighted by Gasteiger charge is 2.43. The number of aromatic nitrogens is 1. The number of carbonyl (C=O) groups excluding carboxylic acids is 2. The Morgan fingerprint density at radius 3 is 2.50 bits per heavy atom. The van der Waals surface area contributed by atoms with Crippen molar-refractivity contribution in [3.63, 3.8) is 0 Å². The molecule has 0 saturated carbocycles. The zero-order chi connectivity index (χ0) is 27.0. The molecular weight excluding hydrogens is 523 g/mol. The number of H-pyrrole nitrogens is 1. The number of halogens is 4. The van der Waals surface area contributed by atoms with Gasteiger partial charge in [-0.15, -0.1) is 12.4 Å². The van der Waals surface area contributed by atoms with Crippen LogP contribution < -0.4 is 16.6 Å². The second-order valence-corrected chi connectivity index (χ2v) is 9.72. The molecule has 0 aliphatic carbocycles. The summed E-state index contributed by atoms with van der Waals surface area (Å²) in [6.07, 6.45) is -3.54. The lowest BCUT2D eigenvalue weighted by Gasteiger charge is -2.31. The zero-order valence-electron chi connectivity index (χ0n) is 20.9. The Labute approximate surface area is 223 Å². The second-order valence-electron chi connectivity index (χ2n) is 9.72. The maximum absolute atomic E-state index is 13.5. The largest absolute Gasteiger partial charge is 0.457 e. The monoisotopic (exact) mass is 551 g/mol. The van der Waals surface area contributed by atoms with Crippen LogP contribution in [0.2, 0.25) is 0 Å². The van der Waals surface area contributed by atoms with Gasteiger partial charge >= 0.3 is 12.1 Å². The van der Waals surface area contributed by atoms with Gasteiger partial charge < -0.3 is 20.8 Å². The van der Waals surface area contributed by atoms with Crippen LogP contribution in [0.3, 0.4) is 0 Å². The van der Waals surface area contributed by atoms with Crippen LogP contribution in [0.4, 0.5) is 13.2 Å². The molecule has 0 bridgehead atoms. The summed E-state index contributed by atoms with van der Waals surface area (Å²) in [4.78, 5) is 40.4. The summed E-state index contributed by atoms with van der Waals surface area (Å²) < 4.78 is 46.1. The molecule has 4 N–H and O–H groups in total. The summed E-state index contributed by atoms with van der Waals surface area (Å²) in [5.74, 6) is -1.24. The molecule has 1 aromatic heterocycles. The summed E-state index contributed by atoms with van der Waals surface area (Å²) in [7, 11) is 0. The number of fused-ring (bicyclic) bond motifs is 1. The van der Waals surface area contributed by atoms with Crippen LogP contribution in [-0.4, -0.2) is 35.0 Å². The summed E-state index contributed by atoms with van der Waals surface area (Å²) in [6.45, 7) is 3.83. The number of ether oxygens (including phenoxy) is 1. The van der Waals surface area contributed by atoms with Gasteiger partial charge in [0.15, 0.2) is 0 Å². The van der Waals surface area contributed by atoms with Crippen LogP contribution >= 0.6 is 12.4 Å². The Hall–Kier alpha value is -3.37. The minimum absolute atomic E-state index is 0. The van der Waals surface area contributed by atoms with Gasteiger partial charge in [0.1, 0.15) is 5.60 Å². The number of benzene rings is 2. The Morgan fingerprint density at radius 1 is 1.11 bits per heavy atom. The molecule has 1 saturated heterocycles. The number of nitrogens with two attached hydrogens (primary N) is 1. The highest BCUT2D eigenvalue weighted by atomic mass is 35.5. The van der Waals surface area contributed by atoms with Gasteiger partial charge in [0.2, 0.25) is 5.91 Å². The van der Waals surface area contributed by atoms with Gasteiger partial charge in [0, 0.05) is 23.1 Å². The topological polar surface area (TPSA) is 114 Å². The van der Waals surface area contributed by atoms with Gasteiger partial charge in [-0.25, -0.2) is 0 Å². The molecule has 4 rings (SSSR count). The zero-order valence-corrected chi connectivity index (χ0v) is 21.7. The van der Waals surface area contributed by atoms with Crippen molar-refractivity contribution >= 4 is 35.1 Å². The smallest absolute Gasteiger partial charge is 0.417 e. The fourth-order valence-electron chi connectivity index (χ4n) is 4.69. The van der Waals surface area contributed by atoms with Gasteiger partial charge in [0.05, 0.1) is 17.5 Å². The summed E-state index contributed by atoms with van der Waals surface area (Å²) >= 11 is 0. The van der Waals surface area contributed by atoms with E-state index >= 15 is 0 Å². The van der Waals surface area contributed by atoms with Gasteiger partial charge in [-0.1, -0.05) is 30.3 Å². The van der Waals surface area contributed by atoms with E-state index < -0.39 is 40.8 Å². The fraction of sp³-hybridized carbons (Fsp3) is 0.370. The third kappa shape index (κ3) is 6.02. The maximum Gasteiger partial charge on any atom is 0.417 e. The molecule has 1 unspecified atom stereocenters. The number of hydrogen-bond donors (Lipinski definition) is 3. The van der Waals surface area contributed by atoms with Crippen LogP contribution in [0.25, 0.3) is 22.0 Å². The highest BCUT2D eigenvalue weighted by molar-refractivity contribution is 5.90. The summed E-state index contributed by atoms with van der Waals surface area (Å²) in [6, 6.07) is 11.0. The average molecular weight is 552 g/mol. The van der Waals surface area contributed by atoms with E-state index in [2.05, 4.69) is 10.3 Å². The molecule has 0 spiro atoms. The Bertz CT molecular complexity index is 1400. The van der Waals surface area contributed by atoms with Crippen LogP contribution in [0.15, 0.2) is 53.3 Å². The first-order valence-electron chi connectivity index (χ1n) is 12.0. The quantitative estimate of drug-likeness (QED) is 0.369. The number of esters is 1. The predicted molar refractivity (Wildman–Crippen MR) is 140 cm³/mol. The Balaban J connectivity index is 0.00000400. The molecule has 1 aliphatic rings. The molecule has 1 aliphatic heterocycles. The molecule has 3 aromatic rings. The first-order valence-corrected chi connectivity index (χ1v) is 12.0. The van der Waals surface area contributed by atoms with E-state index in [0.29, 0.717) is 30.3 Å². The second kappa shape index (κ2) is 11.2. The Kier molecular flexibility index (Phi) is 8.58. The van der Waals surface area contributed by atoms with Crippen molar-refractivity contribution in [3.8, 4) is 11.3 Å². The SMILES string of the molecule is CC(C)(OC(=O)CCCN)C1C[C@@H](c2ccc3cc(-c4ccccc4C(F)(F)F)[nH]c(=O)c3c2)C(=O)N1.Cl. The molecule has 1 fully saturated rings. The van der Waals surface area contributed by atoms with Gasteiger partial charge in [0.25, 0.3) is 5.56 Å². The van der Waals surface area contributed by atoms with Crippen molar-refractivity contribution in [2.45, 2.75) is 56.8 Å². The lowest BCUT2D eigenvalue weighted by molar-refractivity contribution is -0.159. The first-order chi connectivity index (χ1) is 17.4. The summed E-state index contributed by atoms with van der Waals surface area (Å²) in [5.41, 5.74) is 3.60. The van der Waals surface area contributed by atoms with E-state index in [-0.39, 0.29) is 41.4 Å². The molecule has 2 heterocycles. The number of aromatic amines is 1. The molecule has 11 heteroatoms. The van der Waals surface area contributed by atoms with Crippen molar-refractivity contribution < 1.29 is 27.5 Å². The Morgan fingerprint density at radius 2 is 1.82 bits per heavy atom. The number of hydrogen-bond acceptors (Lipinski definition) is 5. The number of alkyl halides is 3. The van der Waals surface area contributed by atoms with E-state index in [9.17, 15) is 27.6 Å². The lowest BCUT2D eigenvalue weighted by Crippen LogP contribution is -2.47. The summed E-state index contributed by atoms with van der Waals surface area (Å²) in [5, 5.41) is 3.59. The standard InChI is InChI=1S/C27H28F3N3O4.ClH/c1-26(2,37-23(34)8-5-11-31)22-14-19(25(36)33-22)15-9-10-16-13-21(32-24(35)18(16)12-15)17-6-3-4-7-20(17)27(28,29)30;/h3-4,6-7,9-10,12-13,19,22H,5,8,11,14,31H2,1-2H3,(H,32,35)(H,33,36);1H/t19-,22?;/m0./s1. The average Bonchev–Trinajstić information content (AvgIpc) is 3.24. The molecule has 2 aromatic carbocycles. The number of carbonyl (C=O) groups is 2. The third-order valence-corrected chi connectivity index (χ3v) is 6.70. The molecule has 7 nitrogen and oxygen atoms in total. The van der Waals surface area contributed by atoms with Gasteiger partial charge in [-0.2, -0.15) is 13.2 Å². The first kappa shape index (κ1) is 29.2. The lowest BCUT2D eigenvalue weighted by atomic mass is 9.89. The van der Waals surface area contributed by atoms with Gasteiger partial charge in [-0.05, 0) is 62.4 Å². The number of nitrogens with one attached hydrogen (secondary N) is 2. The molecular formula is C27H29ClF3N3O4. The van der Waals surface area contributed by atoms with E-state index in [1.54, 1.807) is 32.0 Å². The van der Waals surface area contributed by atoms with Crippen molar-refractivity contribution in [2.24, 2.45) is 5.73 Å². The number of pyridine rings is 1. The third-order valence-electron chi connectivity index (χ3n) is 6.70.